The summed E-state index contributed by atoms with van der Waals surface area (Å²) < 4.78 is 0. The third-order valence-electron chi connectivity index (χ3n) is 3.37. The Balaban J connectivity index is 1.96. The molecule has 1 atom stereocenters. The van der Waals surface area contributed by atoms with E-state index in [0.717, 1.165) is 24.6 Å². The number of carbonyl (C=O) groups excluding carboxylic acids is 1. The standard InChI is InChI=1S/C13H23BrO/c14-11-7-3-1-2-4-8-12-9-5-6-10-13(12)15/h12H,1-11H2. The van der Waals surface area contributed by atoms with Gasteiger partial charge >= 0.3 is 0 Å². The van der Waals surface area contributed by atoms with Gasteiger partial charge in [-0.3, -0.25) is 4.79 Å². The molecule has 0 saturated heterocycles. The predicted octanol–water partition coefficient (Wildman–Crippen LogP) is 4.48. The zero-order valence-corrected chi connectivity index (χ0v) is 11.2. The largest absolute Gasteiger partial charge is 0.299 e. The summed E-state index contributed by atoms with van der Waals surface area (Å²) in [5.41, 5.74) is 0. The lowest BCUT2D eigenvalue weighted by molar-refractivity contribution is -0.124. The van der Waals surface area contributed by atoms with Gasteiger partial charge in [0.1, 0.15) is 5.78 Å². The summed E-state index contributed by atoms with van der Waals surface area (Å²) in [6.07, 6.45) is 12.1. The fraction of sp³-hybridized carbons (Fsp3) is 0.923. The number of Topliss-reactive ketones (excluding diaryl/α,β-unsaturated/α-hetero) is 1. The molecule has 88 valence electrons. The first-order valence-electron chi connectivity index (χ1n) is 6.43. The molecule has 15 heavy (non-hydrogen) atoms. The first-order chi connectivity index (χ1) is 7.34. The molecule has 1 saturated carbocycles. The van der Waals surface area contributed by atoms with Crippen LogP contribution in [0.4, 0.5) is 0 Å². The van der Waals surface area contributed by atoms with Crippen molar-refractivity contribution in [3.05, 3.63) is 0 Å². The molecule has 1 rings (SSSR count). The Labute approximate surface area is 102 Å². The molecule has 0 aromatic heterocycles. The summed E-state index contributed by atoms with van der Waals surface area (Å²) in [7, 11) is 0. The highest BCUT2D eigenvalue weighted by molar-refractivity contribution is 9.09. The SMILES string of the molecule is O=C1CCCCC1CCCCCCCBr. The lowest BCUT2D eigenvalue weighted by Crippen LogP contribution is -2.18. The van der Waals surface area contributed by atoms with Gasteiger partial charge in [0.25, 0.3) is 0 Å². The molecule has 0 spiro atoms. The molecule has 1 aliphatic carbocycles. The molecule has 1 aliphatic rings. The minimum absolute atomic E-state index is 0.426. The van der Waals surface area contributed by atoms with Crippen LogP contribution >= 0.6 is 15.9 Å². The molecule has 0 N–H and O–H groups in total. The number of hydrogen-bond donors (Lipinski definition) is 0. The number of unbranched alkanes of at least 4 members (excludes halogenated alkanes) is 4. The topological polar surface area (TPSA) is 17.1 Å². The Kier molecular flexibility index (Phi) is 7.33. The Bertz CT molecular complexity index is 179. The van der Waals surface area contributed by atoms with Gasteiger partial charge in [-0.15, -0.1) is 0 Å². The zero-order valence-electron chi connectivity index (χ0n) is 9.64. The van der Waals surface area contributed by atoms with Crippen molar-refractivity contribution >= 4 is 21.7 Å². The first-order valence-corrected chi connectivity index (χ1v) is 7.55. The van der Waals surface area contributed by atoms with Crippen molar-refractivity contribution in [3.63, 3.8) is 0 Å². The van der Waals surface area contributed by atoms with E-state index in [1.54, 1.807) is 0 Å². The molecule has 0 bridgehead atoms. The van der Waals surface area contributed by atoms with Crippen molar-refractivity contribution < 1.29 is 4.79 Å². The Morgan fingerprint density at radius 2 is 1.80 bits per heavy atom. The van der Waals surface area contributed by atoms with Gasteiger partial charge in [0.15, 0.2) is 0 Å². The average Bonchev–Trinajstić information content (AvgIpc) is 2.25. The summed E-state index contributed by atoms with van der Waals surface area (Å²) in [6, 6.07) is 0. The summed E-state index contributed by atoms with van der Waals surface area (Å²) in [5, 5.41) is 1.13. The molecule has 1 unspecified atom stereocenters. The van der Waals surface area contributed by atoms with E-state index in [9.17, 15) is 4.79 Å². The maximum Gasteiger partial charge on any atom is 0.135 e. The summed E-state index contributed by atoms with van der Waals surface area (Å²) in [4.78, 5) is 11.6. The number of rotatable bonds is 7. The van der Waals surface area contributed by atoms with Crippen molar-refractivity contribution in [2.24, 2.45) is 5.92 Å². The van der Waals surface area contributed by atoms with Crippen LogP contribution in [0.5, 0.6) is 0 Å². The fourth-order valence-corrected chi connectivity index (χ4v) is 2.77. The second-order valence-corrected chi connectivity index (χ2v) is 5.45. The third-order valence-corrected chi connectivity index (χ3v) is 3.93. The second kappa shape index (κ2) is 8.32. The maximum atomic E-state index is 11.6. The molecule has 2 heteroatoms. The zero-order chi connectivity index (χ0) is 10.9. The van der Waals surface area contributed by atoms with Crippen LogP contribution in [0.2, 0.25) is 0 Å². The quantitative estimate of drug-likeness (QED) is 0.494. The Morgan fingerprint density at radius 3 is 2.53 bits per heavy atom. The van der Waals surface area contributed by atoms with E-state index >= 15 is 0 Å². The number of hydrogen-bond acceptors (Lipinski definition) is 1. The summed E-state index contributed by atoms with van der Waals surface area (Å²) >= 11 is 3.44. The van der Waals surface area contributed by atoms with Crippen LogP contribution in [0.1, 0.15) is 64.2 Å². The van der Waals surface area contributed by atoms with E-state index in [2.05, 4.69) is 15.9 Å². The van der Waals surface area contributed by atoms with E-state index in [-0.39, 0.29) is 0 Å². The molecule has 0 aliphatic heterocycles. The highest BCUT2D eigenvalue weighted by Gasteiger charge is 2.20. The molecule has 0 heterocycles. The fourth-order valence-electron chi connectivity index (χ4n) is 2.38. The smallest absolute Gasteiger partial charge is 0.135 e. The molecular weight excluding hydrogens is 252 g/mol. The van der Waals surface area contributed by atoms with E-state index in [1.165, 1.54) is 44.9 Å². The molecule has 1 nitrogen and oxygen atoms in total. The average molecular weight is 275 g/mol. The van der Waals surface area contributed by atoms with Gasteiger partial charge in [0.05, 0.1) is 0 Å². The normalized spacial score (nSPS) is 21.9. The van der Waals surface area contributed by atoms with Gasteiger partial charge in [0.2, 0.25) is 0 Å². The number of ketones is 1. The van der Waals surface area contributed by atoms with Crippen molar-refractivity contribution in [2.45, 2.75) is 64.2 Å². The van der Waals surface area contributed by atoms with Gasteiger partial charge in [-0.05, 0) is 25.7 Å². The van der Waals surface area contributed by atoms with Gasteiger partial charge in [0, 0.05) is 17.7 Å². The molecular formula is C13H23BrO. The number of halogens is 1. The monoisotopic (exact) mass is 274 g/mol. The van der Waals surface area contributed by atoms with E-state index in [0.29, 0.717) is 11.7 Å². The molecule has 0 aromatic carbocycles. The van der Waals surface area contributed by atoms with Crippen molar-refractivity contribution in [1.29, 1.82) is 0 Å². The molecule has 0 amide bonds. The van der Waals surface area contributed by atoms with Crippen LogP contribution in [0.3, 0.4) is 0 Å². The van der Waals surface area contributed by atoms with Gasteiger partial charge in [-0.2, -0.15) is 0 Å². The maximum absolute atomic E-state index is 11.6. The van der Waals surface area contributed by atoms with E-state index in [4.69, 9.17) is 0 Å². The van der Waals surface area contributed by atoms with Crippen LogP contribution in [0.25, 0.3) is 0 Å². The second-order valence-electron chi connectivity index (χ2n) is 4.65. The van der Waals surface area contributed by atoms with Crippen LogP contribution in [-0.2, 0) is 4.79 Å². The Morgan fingerprint density at radius 1 is 1.07 bits per heavy atom. The van der Waals surface area contributed by atoms with Crippen LogP contribution in [0.15, 0.2) is 0 Å². The number of alkyl halides is 1. The van der Waals surface area contributed by atoms with Gasteiger partial charge in [-0.25, -0.2) is 0 Å². The van der Waals surface area contributed by atoms with Crippen LogP contribution in [0, 0.1) is 5.92 Å². The van der Waals surface area contributed by atoms with Gasteiger partial charge in [-0.1, -0.05) is 48.0 Å². The molecule has 1 fully saturated rings. The minimum Gasteiger partial charge on any atom is -0.299 e. The highest BCUT2D eigenvalue weighted by atomic mass is 79.9. The van der Waals surface area contributed by atoms with Crippen molar-refractivity contribution in [3.8, 4) is 0 Å². The van der Waals surface area contributed by atoms with E-state index < -0.39 is 0 Å². The first kappa shape index (κ1) is 13.2. The van der Waals surface area contributed by atoms with Crippen molar-refractivity contribution in [1.82, 2.24) is 0 Å². The Hall–Kier alpha value is 0.150. The van der Waals surface area contributed by atoms with Crippen LogP contribution < -0.4 is 0 Å². The van der Waals surface area contributed by atoms with Crippen molar-refractivity contribution in [2.75, 3.05) is 5.33 Å². The predicted molar refractivity (Wildman–Crippen MR) is 68.5 cm³/mol. The molecule has 0 aromatic rings. The lowest BCUT2D eigenvalue weighted by Gasteiger charge is -2.19. The van der Waals surface area contributed by atoms with Gasteiger partial charge < -0.3 is 0 Å². The lowest BCUT2D eigenvalue weighted by atomic mass is 9.84. The van der Waals surface area contributed by atoms with E-state index in [1.807, 2.05) is 0 Å². The molecule has 0 radical (unpaired) electrons. The highest BCUT2D eigenvalue weighted by Crippen LogP contribution is 2.25. The third kappa shape index (κ3) is 5.70. The summed E-state index contributed by atoms with van der Waals surface area (Å²) in [5.74, 6) is 0.969. The van der Waals surface area contributed by atoms with Crippen LogP contribution in [-0.4, -0.2) is 11.1 Å². The summed E-state index contributed by atoms with van der Waals surface area (Å²) in [6.45, 7) is 0. The minimum atomic E-state index is 0.426. The number of carbonyl (C=O) groups is 1.